The fraction of sp³-hybridized carbons (Fsp3) is 0.188. The normalized spacial score (nSPS) is 12.1. The summed E-state index contributed by atoms with van der Waals surface area (Å²) in [4.78, 5) is 16.1. The summed E-state index contributed by atoms with van der Waals surface area (Å²) in [7, 11) is 0. The summed E-state index contributed by atoms with van der Waals surface area (Å²) in [5.41, 5.74) is 0.947. The lowest BCUT2D eigenvalue weighted by molar-refractivity contribution is -0.140. The van der Waals surface area contributed by atoms with Gasteiger partial charge in [-0.1, -0.05) is 28.1 Å². The third-order valence-electron chi connectivity index (χ3n) is 3.00. The van der Waals surface area contributed by atoms with Crippen LogP contribution >= 0.6 is 15.9 Å². The van der Waals surface area contributed by atoms with Crippen LogP contribution in [0.3, 0.4) is 0 Å². The quantitative estimate of drug-likeness (QED) is 0.569. The lowest BCUT2D eigenvalue weighted by atomic mass is 10.1. The number of rotatable bonds is 4. The van der Waals surface area contributed by atoms with E-state index in [2.05, 4.69) is 26.0 Å². The Hall–Kier alpha value is -2.22. The maximum Gasteiger partial charge on any atom is 0.408 e. The minimum Gasteiger partial charge on any atom is -0.267 e. The van der Waals surface area contributed by atoms with Crippen LogP contribution in [0.15, 0.2) is 58.4 Å². The molecule has 0 saturated heterocycles. The third kappa shape index (κ3) is 5.16. The Morgan fingerprint density at radius 1 is 1.21 bits per heavy atom. The molecule has 8 heteroatoms. The summed E-state index contributed by atoms with van der Waals surface area (Å²) in [6.45, 7) is 0.0672. The molecule has 126 valence electrons. The average Bonchev–Trinajstić information content (AvgIpc) is 2.53. The van der Waals surface area contributed by atoms with Gasteiger partial charge in [0.1, 0.15) is 6.54 Å². The van der Waals surface area contributed by atoms with Crippen LogP contribution in [-0.2, 0) is 0 Å². The van der Waals surface area contributed by atoms with Crippen molar-refractivity contribution in [3.05, 3.63) is 64.4 Å². The number of aromatic nitrogens is 1. The first-order valence-corrected chi connectivity index (χ1v) is 7.65. The zero-order chi connectivity index (χ0) is 17.7. The molecule has 2 rings (SSSR count). The van der Waals surface area contributed by atoms with Gasteiger partial charge in [0.2, 0.25) is 0 Å². The zero-order valence-electron chi connectivity index (χ0n) is 12.6. The second-order valence-electron chi connectivity index (χ2n) is 4.91. The molecule has 0 saturated carbocycles. The van der Waals surface area contributed by atoms with Crippen molar-refractivity contribution in [3.8, 4) is 0 Å². The molecule has 1 aromatic heterocycles. The van der Waals surface area contributed by atoms with Crippen molar-refractivity contribution in [2.75, 3.05) is 6.54 Å². The van der Waals surface area contributed by atoms with Gasteiger partial charge >= 0.3 is 6.18 Å². The van der Waals surface area contributed by atoms with Gasteiger partial charge in [-0.15, -0.1) is 0 Å². The smallest absolute Gasteiger partial charge is 0.267 e. The molecule has 0 aliphatic rings. The number of benzene rings is 1. The van der Waals surface area contributed by atoms with Gasteiger partial charge in [-0.3, -0.25) is 9.78 Å². The number of pyridine rings is 1. The lowest BCUT2D eigenvalue weighted by Gasteiger charge is -2.20. The van der Waals surface area contributed by atoms with E-state index in [-0.39, 0.29) is 5.56 Å². The fourth-order valence-corrected chi connectivity index (χ4v) is 2.15. The monoisotopic (exact) mass is 399 g/mol. The van der Waals surface area contributed by atoms with E-state index in [1.807, 2.05) is 0 Å². The molecule has 0 fully saturated rings. The Kier molecular flexibility index (Phi) is 5.71. The topological polar surface area (TPSA) is 45.6 Å². The molecule has 24 heavy (non-hydrogen) atoms. The predicted molar refractivity (Wildman–Crippen MR) is 87.7 cm³/mol. The average molecular weight is 400 g/mol. The number of alkyl halides is 3. The van der Waals surface area contributed by atoms with Crippen LogP contribution in [0.1, 0.15) is 22.8 Å². The number of hydrazone groups is 1. The van der Waals surface area contributed by atoms with Crippen LogP contribution in [0.25, 0.3) is 0 Å². The van der Waals surface area contributed by atoms with Gasteiger partial charge in [-0.25, -0.2) is 5.01 Å². The minimum absolute atomic E-state index is 0.0362. The molecule has 0 bridgehead atoms. The molecule has 0 unspecified atom stereocenters. The van der Waals surface area contributed by atoms with Gasteiger partial charge in [-0.05, 0) is 36.8 Å². The second-order valence-corrected chi connectivity index (χ2v) is 5.83. The van der Waals surface area contributed by atoms with Crippen molar-refractivity contribution in [3.63, 3.8) is 0 Å². The number of carbonyl (C=O) groups excluding carboxylic acids is 1. The summed E-state index contributed by atoms with van der Waals surface area (Å²) in [5, 5.41) is 4.29. The Morgan fingerprint density at radius 3 is 2.42 bits per heavy atom. The maximum absolute atomic E-state index is 12.8. The van der Waals surface area contributed by atoms with E-state index in [1.54, 1.807) is 31.2 Å². The number of nitrogens with zero attached hydrogens (tertiary/aromatic N) is 3. The Labute approximate surface area is 145 Å². The molecule has 1 aromatic carbocycles. The molecule has 0 atom stereocenters. The summed E-state index contributed by atoms with van der Waals surface area (Å²) in [6, 6.07) is 9.75. The molecule has 1 amide bonds. The predicted octanol–water partition coefficient (Wildman–Crippen LogP) is 4.27. The van der Waals surface area contributed by atoms with Crippen LogP contribution in [-0.4, -0.2) is 34.3 Å². The second kappa shape index (κ2) is 7.57. The van der Waals surface area contributed by atoms with Crippen LogP contribution in [0.2, 0.25) is 0 Å². The van der Waals surface area contributed by atoms with Gasteiger partial charge in [0.25, 0.3) is 5.91 Å². The van der Waals surface area contributed by atoms with Gasteiger partial charge in [0.05, 0.1) is 11.3 Å². The van der Waals surface area contributed by atoms with E-state index in [1.165, 1.54) is 24.5 Å². The minimum atomic E-state index is -4.57. The van der Waals surface area contributed by atoms with Crippen molar-refractivity contribution in [1.82, 2.24) is 9.99 Å². The SMILES string of the molecule is C/C(=N\N(CC(F)(F)F)C(=O)c1cccnc1)c1ccc(Br)cc1. The Balaban J connectivity index is 2.33. The lowest BCUT2D eigenvalue weighted by Crippen LogP contribution is -2.36. The highest BCUT2D eigenvalue weighted by molar-refractivity contribution is 9.10. The van der Waals surface area contributed by atoms with E-state index in [0.717, 1.165) is 4.47 Å². The first-order valence-electron chi connectivity index (χ1n) is 6.86. The molecular weight excluding hydrogens is 387 g/mol. The summed E-state index contributed by atoms with van der Waals surface area (Å²) >= 11 is 3.28. The highest BCUT2D eigenvalue weighted by atomic mass is 79.9. The van der Waals surface area contributed by atoms with E-state index >= 15 is 0 Å². The Morgan fingerprint density at radius 2 is 1.88 bits per heavy atom. The summed E-state index contributed by atoms with van der Waals surface area (Å²) in [5.74, 6) is -0.864. The van der Waals surface area contributed by atoms with E-state index < -0.39 is 18.6 Å². The van der Waals surface area contributed by atoms with E-state index in [0.29, 0.717) is 16.3 Å². The molecule has 0 N–H and O–H groups in total. The van der Waals surface area contributed by atoms with Crippen molar-refractivity contribution in [2.45, 2.75) is 13.1 Å². The first kappa shape index (κ1) is 18.1. The summed E-state index contributed by atoms with van der Waals surface area (Å²) < 4.78 is 39.2. The molecule has 2 aromatic rings. The summed E-state index contributed by atoms with van der Waals surface area (Å²) in [6.07, 6.45) is -1.93. The van der Waals surface area contributed by atoms with Gasteiger partial charge < -0.3 is 0 Å². The number of hydrogen-bond donors (Lipinski definition) is 0. The van der Waals surface area contributed by atoms with E-state index in [9.17, 15) is 18.0 Å². The molecule has 0 aliphatic carbocycles. The van der Waals surface area contributed by atoms with Crippen LogP contribution in [0.5, 0.6) is 0 Å². The molecular formula is C16H13BrF3N3O. The number of hydrogen-bond acceptors (Lipinski definition) is 3. The molecule has 0 aliphatic heterocycles. The van der Waals surface area contributed by atoms with Gasteiger partial charge in [0, 0.05) is 16.9 Å². The number of amides is 1. The van der Waals surface area contributed by atoms with Crippen LogP contribution in [0, 0.1) is 0 Å². The van der Waals surface area contributed by atoms with Gasteiger partial charge in [-0.2, -0.15) is 18.3 Å². The van der Waals surface area contributed by atoms with Crippen molar-refractivity contribution >= 4 is 27.5 Å². The maximum atomic E-state index is 12.8. The third-order valence-corrected chi connectivity index (χ3v) is 3.53. The standard InChI is InChI=1S/C16H13BrF3N3O/c1-11(12-4-6-14(17)7-5-12)22-23(10-16(18,19)20)15(24)13-3-2-8-21-9-13/h2-9H,10H2,1H3/b22-11+. The number of halogens is 4. The fourth-order valence-electron chi connectivity index (χ4n) is 1.89. The molecule has 4 nitrogen and oxygen atoms in total. The molecule has 0 spiro atoms. The van der Waals surface area contributed by atoms with Crippen LogP contribution in [0.4, 0.5) is 13.2 Å². The highest BCUT2D eigenvalue weighted by Crippen LogP contribution is 2.19. The zero-order valence-corrected chi connectivity index (χ0v) is 14.2. The molecule has 1 heterocycles. The van der Waals surface area contributed by atoms with Crippen molar-refractivity contribution in [2.24, 2.45) is 5.10 Å². The van der Waals surface area contributed by atoms with Crippen molar-refractivity contribution < 1.29 is 18.0 Å². The Bertz CT molecular complexity index is 730. The van der Waals surface area contributed by atoms with Crippen LogP contribution < -0.4 is 0 Å². The van der Waals surface area contributed by atoms with E-state index in [4.69, 9.17) is 0 Å². The number of carbonyl (C=O) groups is 1. The first-order chi connectivity index (χ1) is 11.3. The largest absolute Gasteiger partial charge is 0.408 e. The highest BCUT2D eigenvalue weighted by Gasteiger charge is 2.34. The molecule has 0 radical (unpaired) electrons. The van der Waals surface area contributed by atoms with Gasteiger partial charge in [0.15, 0.2) is 0 Å². The van der Waals surface area contributed by atoms with Crippen molar-refractivity contribution in [1.29, 1.82) is 0 Å².